The van der Waals surface area contributed by atoms with Gasteiger partial charge in [-0.15, -0.1) is 0 Å². The molecular weight excluding hydrogens is 524 g/mol. The van der Waals surface area contributed by atoms with E-state index in [9.17, 15) is 9.59 Å². The lowest BCUT2D eigenvalue weighted by molar-refractivity contribution is -0.127. The highest BCUT2D eigenvalue weighted by molar-refractivity contribution is 9.10. The molecule has 4 rings (SSSR count). The molecule has 182 valence electrons. The number of hydrogen-bond acceptors (Lipinski definition) is 6. The summed E-state index contributed by atoms with van der Waals surface area (Å²) in [7, 11) is 1.55. The summed E-state index contributed by atoms with van der Waals surface area (Å²) in [5.74, 6) is 0.553. The van der Waals surface area contributed by atoms with Gasteiger partial charge in [-0.05, 0) is 72.3 Å². The number of nitrogens with one attached hydrogen (secondary N) is 1. The van der Waals surface area contributed by atoms with E-state index in [4.69, 9.17) is 14.2 Å². The van der Waals surface area contributed by atoms with Crippen LogP contribution in [0, 0.1) is 0 Å². The van der Waals surface area contributed by atoms with E-state index in [1.165, 1.54) is 6.21 Å². The van der Waals surface area contributed by atoms with Crippen LogP contribution >= 0.6 is 15.9 Å². The number of rotatable bonds is 8. The van der Waals surface area contributed by atoms with Crippen molar-refractivity contribution in [2.24, 2.45) is 5.10 Å². The van der Waals surface area contributed by atoms with Gasteiger partial charge in [0.2, 0.25) is 0 Å². The summed E-state index contributed by atoms with van der Waals surface area (Å²) in [4.78, 5) is 25.1. The molecule has 0 saturated carbocycles. The maximum atomic E-state index is 12.6. The van der Waals surface area contributed by atoms with Gasteiger partial charge in [0.05, 0.1) is 18.9 Å². The lowest BCUT2D eigenvalue weighted by Crippen LogP contribution is -2.33. The minimum Gasteiger partial charge on any atom is -0.497 e. The normalized spacial score (nSPS) is 11.8. The number of esters is 1. The average molecular weight is 547 g/mol. The lowest BCUT2D eigenvalue weighted by atomic mass is 10.1. The number of ether oxygens (including phenoxy) is 3. The van der Waals surface area contributed by atoms with E-state index in [1.807, 2.05) is 42.5 Å². The number of methoxy groups -OCH3 is 1. The van der Waals surface area contributed by atoms with Crippen molar-refractivity contribution in [1.29, 1.82) is 0 Å². The van der Waals surface area contributed by atoms with Gasteiger partial charge in [0.15, 0.2) is 6.10 Å². The smallest absolute Gasteiger partial charge is 0.343 e. The fraction of sp³-hybridized carbons (Fsp3) is 0.107. The summed E-state index contributed by atoms with van der Waals surface area (Å²) < 4.78 is 17.2. The second-order valence-corrected chi connectivity index (χ2v) is 8.72. The van der Waals surface area contributed by atoms with Gasteiger partial charge in [-0.25, -0.2) is 10.2 Å². The molecule has 0 aliphatic heterocycles. The van der Waals surface area contributed by atoms with Gasteiger partial charge in [-0.1, -0.05) is 46.3 Å². The van der Waals surface area contributed by atoms with Gasteiger partial charge in [-0.3, -0.25) is 4.79 Å². The largest absolute Gasteiger partial charge is 0.497 e. The Morgan fingerprint density at radius 3 is 2.39 bits per heavy atom. The molecule has 0 aliphatic carbocycles. The van der Waals surface area contributed by atoms with E-state index in [2.05, 4.69) is 26.5 Å². The fourth-order valence-electron chi connectivity index (χ4n) is 3.35. The van der Waals surface area contributed by atoms with Gasteiger partial charge in [0.1, 0.15) is 17.2 Å². The predicted octanol–water partition coefficient (Wildman–Crippen LogP) is 5.75. The number of amides is 1. The van der Waals surface area contributed by atoms with Crippen LogP contribution in [0.5, 0.6) is 17.2 Å². The van der Waals surface area contributed by atoms with E-state index >= 15 is 0 Å². The molecule has 4 aromatic carbocycles. The van der Waals surface area contributed by atoms with Crippen LogP contribution in [0.1, 0.15) is 22.8 Å². The first-order chi connectivity index (χ1) is 17.4. The van der Waals surface area contributed by atoms with Crippen molar-refractivity contribution in [3.63, 3.8) is 0 Å². The van der Waals surface area contributed by atoms with Crippen LogP contribution in [0.25, 0.3) is 10.8 Å². The van der Waals surface area contributed by atoms with Gasteiger partial charge >= 0.3 is 5.97 Å². The maximum Gasteiger partial charge on any atom is 0.343 e. The van der Waals surface area contributed by atoms with Gasteiger partial charge in [0.25, 0.3) is 5.91 Å². The zero-order valence-electron chi connectivity index (χ0n) is 19.6. The first kappa shape index (κ1) is 24.9. The molecule has 1 atom stereocenters. The van der Waals surface area contributed by atoms with Gasteiger partial charge < -0.3 is 14.2 Å². The molecule has 1 amide bonds. The Morgan fingerprint density at radius 2 is 1.64 bits per heavy atom. The lowest BCUT2D eigenvalue weighted by Gasteiger charge is -2.13. The van der Waals surface area contributed by atoms with Crippen LogP contribution in [0.4, 0.5) is 0 Å². The Balaban J connectivity index is 1.40. The van der Waals surface area contributed by atoms with Crippen LogP contribution in [0.3, 0.4) is 0 Å². The first-order valence-electron chi connectivity index (χ1n) is 11.1. The first-order valence-corrected chi connectivity index (χ1v) is 11.9. The average Bonchev–Trinajstić information content (AvgIpc) is 2.90. The third-order valence-corrected chi connectivity index (χ3v) is 5.77. The monoisotopic (exact) mass is 546 g/mol. The number of hydrazone groups is 1. The number of benzene rings is 4. The van der Waals surface area contributed by atoms with Crippen molar-refractivity contribution in [1.82, 2.24) is 5.43 Å². The molecule has 8 heteroatoms. The van der Waals surface area contributed by atoms with Crippen LogP contribution in [-0.2, 0) is 4.79 Å². The van der Waals surface area contributed by atoms with Crippen molar-refractivity contribution in [3.8, 4) is 17.2 Å². The Morgan fingerprint density at radius 1 is 0.917 bits per heavy atom. The molecule has 0 spiro atoms. The van der Waals surface area contributed by atoms with Crippen molar-refractivity contribution in [2.75, 3.05) is 7.11 Å². The quantitative estimate of drug-likeness (QED) is 0.132. The predicted molar refractivity (Wildman–Crippen MR) is 142 cm³/mol. The molecule has 0 heterocycles. The minimum atomic E-state index is -0.779. The van der Waals surface area contributed by atoms with Crippen LogP contribution in [-0.4, -0.2) is 31.3 Å². The van der Waals surface area contributed by atoms with E-state index in [0.717, 1.165) is 15.2 Å². The third kappa shape index (κ3) is 6.28. The molecule has 0 aromatic heterocycles. The Kier molecular flexibility index (Phi) is 7.97. The van der Waals surface area contributed by atoms with Crippen molar-refractivity contribution < 1.29 is 23.8 Å². The summed E-state index contributed by atoms with van der Waals surface area (Å²) in [6, 6.07) is 25.2. The number of hydrogen-bond donors (Lipinski definition) is 1. The number of halogens is 1. The summed E-state index contributed by atoms with van der Waals surface area (Å²) in [5.41, 5.74) is 3.33. The standard InChI is InChI=1S/C28H23BrN2O5/c1-18(35-25-13-7-19-5-3-4-6-21(19)16-25)27(32)31-30-17-22-15-23(29)10-14-26(22)36-28(33)20-8-11-24(34-2)12-9-20/h3-18H,1-2H3,(H,31,32)/b30-17-/t18-/m1/s1. The molecule has 0 bridgehead atoms. The SMILES string of the molecule is COc1ccc(C(=O)Oc2ccc(Br)cc2/C=N\NC(=O)[C@@H](C)Oc2ccc3ccccc3c2)cc1. The van der Waals surface area contributed by atoms with Crippen molar-refractivity contribution >= 4 is 44.8 Å². The van der Waals surface area contributed by atoms with Crippen LogP contribution in [0.15, 0.2) is 94.5 Å². The summed E-state index contributed by atoms with van der Waals surface area (Å²) in [6.07, 6.45) is 0.625. The molecule has 0 unspecified atom stereocenters. The van der Waals surface area contributed by atoms with Crippen molar-refractivity contribution in [2.45, 2.75) is 13.0 Å². The van der Waals surface area contributed by atoms with Crippen LogP contribution < -0.4 is 19.6 Å². The Labute approximate surface area is 216 Å². The molecule has 4 aromatic rings. The third-order valence-electron chi connectivity index (χ3n) is 5.28. The maximum absolute atomic E-state index is 12.6. The van der Waals surface area contributed by atoms with E-state index in [1.54, 1.807) is 56.5 Å². The molecule has 0 saturated heterocycles. The number of nitrogens with zero attached hydrogens (tertiary/aromatic N) is 1. The summed E-state index contributed by atoms with van der Waals surface area (Å²) in [5, 5.41) is 6.13. The van der Waals surface area contributed by atoms with Gasteiger partial charge in [-0.2, -0.15) is 5.10 Å². The highest BCUT2D eigenvalue weighted by Gasteiger charge is 2.15. The highest BCUT2D eigenvalue weighted by Crippen LogP contribution is 2.24. The minimum absolute atomic E-state index is 0.289. The number of fused-ring (bicyclic) bond motifs is 1. The molecule has 1 N–H and O–H groups in total. The second kappa shape index (κ2) is 11.5. The summed E-state index contributed by atoms with van der Waals surface area (Å²) in [6.45, 7) is 1.64. The summed E-state index contributed by atoms with van der Waals surface area (Å²) >= 11 is 3.40. The number of carbonyl (C=O) groups is 2. The highest BCUT2D eigenvalue weighted by atomic mass is 79.9. The van der Waals surface area contributed by atoms with E-state index in [-0.39, 0.29) is 5.75 Å². The van der Waals surface area contributed by atoms with E-state index < -0.39 is 18.0 Å². The van der Waals surface area contributed by atoms with Crippen LogP contribution in [0.2, 0.25) is 0 Å². The molecule has 0 fully saturated rings. The fourth-order valence-corrected chi connectivity index (χ4v) is 3.73. The zero-order valence-corrected chi connectivity index (χ0v) is 21.2. The molecule has 0 aliphatic rings. The topological polar surface area (TPSA) is 86.2 Å². The van der Waals surface area contributed by atoms with Gasteiger partial charge in [0, 0.05) is 10.0 Å². The number of carbonyl (C=O) groups excluding carboxylic acids is 2. The Hall–Kier alpha value is -4.17. The Bertz CT molecular complexity index is 1420. The molecule has 7 nitrogen and oxygen atoms in total. The second-order valence-electron chi connectivity index (χ2n) is 7.80. The molecular formula is C28H23BrN2O5. The van der Waals surface area contributed by atoms with Crippen molar-refractivity contribution in [3.05, 3.63) is 101 Å². The molecule has 0 radical (unpaired) electrons. The molecule has 36 heavy (non-hydrogen) atoms. The zero-order chi connectivity index (χ0) is 25.5. The van der Waals surface area contributed by atoms with E-state index in [0.29, 0.717) is 22.6 Å².